The van der Waals surface area contributed by atoms with Crippen LogP contribution >= 0.6 is 11.6 Å². The standard InChI is InChI=1S/C16H16ClFN2O2/c1-22-15-13(17)3-2-4-14(15)20-16(21)19-10-9-11-5-7-12(18)8-6-11/h2-8H,9-10H2,1H3,(H2,19,20,21). The minimum absolute atomic E-state index is 0.275. The van der Waals surface area contributed by atoms with Crippen molar-refractivity contribution in [2.45, 2.75) is 6.42 Å². The summed E-state index contributed by atoms with van der Waals surface area (Å²) in [6, 6.07) is 10.9. The zero-order valence-electron chi connectivity index (χ0n) is 12.0. The smallest absolute Gasteiger partial charge is 0.319 e. The van der Waals surface area contributed by atoms with E-state index in [1.54, 1.807) is 30.3 Å². The molecule has 0 aliphatic carbocycles. The number of amides is 2. The normalized spacial score (nSPS) is 10.1. The molecule has 22 heavy (non-hydrogen) atoms. The van der Waals surface area contributed by atoms with Crippen molar-refractivity contribution in [3.05, 3.63) is 58.9 Å². The first-order valence-electron chi connectivity index (χ1n) is 6.72. The predicted molar refractivity (Wildman–Crippen MR) is 85.1 cm³/mol. The minimum atomic E-state index is -0.359. The van der Waals surface area contributed by atoms with E-state index in [9.17, 15) is 9.18 Å². The number of urea groups is 1. The van der Waals surface area contributed by atoms with E-state index in [1.165, 1.54) is 19.2 Å². The first-order valence-corrected chi connectivity index (χ1v) is 7.09. The molecule has 0 heterocycles. The highest BCUT2D eigenvalue weighted by atomic mass is 35.5. The summed E-state index contributed by atoms with van der Waals surface area (Å²) in [7, 11) is 1.48. The summed E-state index contributed by atoms with van der Waals surface area (Å²) in [5, 5.41) is 5.82. The molecule has 0 aliphatic rings. The van der Waals surface area contributed by atoms with Crippen LogP contribution in [0.1, 0.15) is 5.56 Å². The Morgan fingerprint density at radius 1 is 1.23 bits per heavy atom. The number of hydrogen-bond donors (Lipinski definition) is 2. The monoisotopic (exact) mass is 322 g/mol. The van der Waals surface area contributed by atoms with Gasteiger partial charge in [-0.3, -0.25) is 0 Å². The molecule has 0 saturated heterocycles. The lowest BCUT2D eigenvalue weighted by Crippen LogP contribution is -2.30. The summed E-state index contributed by atoms with van der Waals surface area (Å²) in [6.45, 7) is 0.431. The zero-order valence-corrected chi connectivity index (χ0v) is 12.8. The highest BCUT2D eigenvalue weighted by molar-refractivity contribution is 6.32. The molecule has 0 unspecified atom stereocenters. The SMILES string of the molecule is COc1c(Cl)cccc1NC(=O)NCCc1ccc(F)cc1. The van der Waals surface area contributed by atoms with Crippen molar-refractivity contribution in [2.75, 3.05) is 19.0 Å². The van der Waals surface area contributed by atoms with Crippen LogP contribution < -0.4 is 15.4 Å². The summed E-state index contributed by atoms with van der Waals surface area (Å²) >= 11 is 5.98. The van der Waals surface area contributed by atoms with Crippen LogP contribution in [0.3, 0.4) is 0 Å². The van der Waals surface area contributed by atoms with Gasteiger partial charge in [0.2, 0.25) is 0 Å². The lowest BCUT2D eigenvalue weighted by molar-refractivity contribution is 0.252. The van der Waals surface area contributed by atoms with E-state index >= 15 is 0 Å². The lowest BCUT2D eigenvalue weighted by Gasteiger charge is -2.12. The molecule has 0 saturated carbocycles. The summed E-state index contributed by atoms with van der Waals surface area (Å²) in [6.07, 6.45) is 0.611. The Balaban J connectivity index is 1.86. The Morgan fingerprint density at radius 2 is 1.95 bits per heavy atom. The second-order valence-corrected chi connectivity index (χ2v) is 4.99. The number of anilines is 1. The molecule has 0 fully saturated rings. The van der Waals surface area contributed by atoms with Crippen molar-refractivity contribution in [1.29, 1.82) is 0 Å². The molecule has 0 spiro atoms. The summed E-state index contributed by atoms with van der Waals surface area (Å²) < 4.78 is 17.9. The van der Waals surface area contributed by atoms with Crippen LogP contribution in [0.15, 0.2) is 42.5 Å². The van der Waals surface area contributed by atoms with Gasteiger partial charge in [0.15, 0.2) is 5.75 Å². The topological polar surface area (TPSA) is 50.4 Å². The maximum Gasteiger partial charge on any atom is 0.319 e. The van der Waals surface area contributed by atoms with Gasteiger partial charge in [-0.15, -0.1) is 0 Å². The minimum Gasteiger partial charge on any atom is -0.493 e. The zero-order chi connectivity index (χ0) is 15.9. The molecule has 0 atom stereocenters. The Bertz CT molecular complexity index is 647. The third-order valence-corrected chi connectivity index (χ3v) is 3.33. The van der Waals surface area contributed by atoms with Gasteiger partial charge in [-0.05, 0) is 36.2 Å². The molecule has 4 nitrogen and oxygen atoms in total. The van der Waals surface area contributed by atoms with E-state index in [0.717, 1.165) is 5.56 Å². The third kappa shape index (κ3) is 4.36. The summed E-state index contributed by atoms with van der Waals surface area (Å²) in [5.41, 5.74) is 1.44. The number of rotatable bonds is 5. The van der Waals surface area contributed by atoms with Gasteiger partial charge in [-0.2, -0.15) is 0 Å². The van der Waals surface area contributed by atoms with Crippen molar-refractivity contribution in [1.82, 2.24) is 5.32 Å². The first-order chi connectivity index (χ1) is 10.6. The number of nitrogens with one attached hydrogen (secondary N) is 2. The largest absolute Gasteiger partial charge is 0.493 e. The highest BCUT2D eigenvalue weighted by Crippen LogP contribution is 2.32. The number of para-hydroxylation sites is 1. The van der Waals surface area contributed by atoms with Gasteiger partial charge in [0.25, 0.3) is 0 Å². The highest BCUT2D eigenvalue weighted by Gasteiger charge is 2.09. The molecular weight excluding hydrogens is 307 g/mol. The average molecular weight is 323 g/mol. The fourth-order valence-electron chi connectivity index (χ4n) is 1.95. The van der Waals surface area contributed by atoms with Crippen LogP contribution in [0.2, 0.25) is 5.02 Å². The van der Waals surface area contributed by atoms with Crippen molar-refractivity contribution >= 4 is 23.3 Å². The first kappa shape index (κ1) is 16.1. The summed E-state index contributed by atoms with van der Waals surface area (Å²) in [4.78, 5) is 11.9. The second kappa shape index (κ2) is 7.66. The van der Waals surface area contributed by atoms with Gasteiger partial charge in [-0.1, -0.05) is 29.8 Å². The molecule has 116 valence electrons. The number of benzene rings is 2. The Morgan fingerprint density at radius 3 is 2.64 bits per heavy atom. The molecule has 2 N–H and O–H groups in total. The van der Waals surface area contributed by atoms with Crippen molar-refractivity contribution < 1.29 is 13.9 Å². The second-order valence-electron chi connectivity index (χ2n) is 4.58. The van der Waals surface area contributed by atoms with Gasteiger partial charge >= 0.3 is 6.03 Å². The van der Waals surface area contributed by atoms with Crippen LogP contribution in [0.25, 0.3) is 0 Å². The van der Waals surface area contributed by atoms with E-state index in [1.807, 2.05) is 0 Å². The third-order valence-electron chi connectivity index (χ3n) is 3.03. The van der Waals surface area contributed by atoms with E-state index < -0.39 is 0 Å². The lowest BCUT2D eigenvalue weighted by atomic mass is 10.1. The number of carbonyl (C=O) groups excluding carboxylic acids is 1. The van der Waals surface area contributed by atoms with Crippen molar-refractivity contribution in [2.24, 2.45) is 0 Å². The quantitative estimate of drug-likeness (QED) is 0.878. The molecular formula is C16H16ClFN2O2. The maximum absolute atomic E-state index is 12.8. The molecule has 2 aromatic rings. The van der Waals surface area contributed by atoms with Crippen LogP contribution in [0.4, 0.5) is 14.9 Å². The fraction of sp³-hybridized carbons (Fsp3) is 0.188. The van der Waals surface area contributed by atoms with E-state index in [4.69, 9.17) is 16.3 Å². The van der Waals surface area contributed by atoms with Crippen LogP contribution in [-0.4, -0.2) is 19.7 Å². The average Bonchev–Trinajstić information content (AvgIpc) is 2.49. The van der Waals surface area contributed by atoms with E-state index in [-0.39, 0.29) is 11.8 Å². The number of carbonyl (C=O) groups is 1. The summed E-state index contributed by atoms with van der Waals surface area (Å²) in [5.74, 6) is 0.139. The van der Waals surface area contributed by atoms with Gasteiger partial charge in [0.1, 0.15) is 5.82 Å². The van der Waals surface area contributed by atoms with Gasteiger partial charge in [-0.25, -0.2) is 9.18 Å². The Hall–Kier alpha value is -2.27. The predicted octanol–water partition coefficient (Wildman–Crippen LogP) is 3.85. The van der Waals surface area contributed by atoms with Gasteiger partial charge in [0.05, 0.1) is 17.8 Å². The molecule has 0 bridgehead atoms. The fourth-order valence-corrected chi connectivity index (χ4v) is 2.20. The van der Waals surface area contributed by atoms with E-state index in [2.05, 4.69) is 10.6 Å². The van der Waals surface area contributed by atoms with E-state index in [0.29, 0.717) is 29.4 Å². The molecule has 0 aliphatic heterocycles. The molecule has 0 aromatic heterocycles. The van der Waals surface area contributed by atoms with Crippen molar-refractivity contribution in [3.8, 4) is 5.75 Å². The number of methoxy groups -OCH3 is 1. The molecule has 2 rings (SSSR count). The molecule has 2 amide bonds. The Kier molecular flexibility index (Phi) is 5.61. The van der Waals surface area contributed by atoms with Gasteiger partial charge in [0, 0.05) is 6.54 Å². The van der Waals surface area contributed by atoms with Crippen LogP contribution in [-0.2, 0) is 6.42 Å². The van der Waals surface area contributed by atoms with Crippen LogP contribution in [0, 0.1) is 5.82 Å². The number of halogens is 2. The van der Waals surface area contributed by atoms with Gasteiger partial charge < -0.3 is 15.4 Å². The maximum atomic E-state index is 12.8. The number of hydrogen-bond acceptors (Lipinski definition) is 2. The van der Waals surface area contributed by atoms with Crippen LogP contribution in [0.5, 0.6) is 5.75 Å². The number of ether oxygens (including phenoxy) is 1. The Labute approximate surface area is 133 Å². The molecule has 0 radical (unpaired) electrons. The molecule has 2 aromatic carbocycles. The van der Waals surface area contributed by atoms with Crippen molar-refractivity contribution in [3.63, 3.8) is 0 Å². The molecule has 6 heteroatoms.